The number of aryl methyl sites for hydroxylation is 1. The second kappa shape index (κ2) is 10.8. The highest BCUT2D eigenvalue weighted by molar-refractivity contribution is 6.04. The molecule has 9 nitrogen and oxygen atoms in total. The minimum absolute atomic E-state index is 0.184. The number of anilines is 1. The quantitative estimate of drug-likeness (QED) is 0.556. The van der Waals surface area contributed by atoms with Crippen LogP contribution in [0.2, 0.25) is 0 Å². The molecular weight excluding hydrogens is 472 g/mol. The molecule has 190 valence electrons. The SMILES string of the molecule is Cc1ccc(CN2C(=O)OC(c3cccc(NC(=O)c4cccnc4)c3)C2C(=O)N2CCOCC2)cc1. The Labute approximate surface area is 215 Å². The zero-order valence-corrected chi connectivity index (χ0v) is 20.5. The van der Waals surface area contributed by atoms with Crippen molar-refractivity contribution in [2.75, 3.05) is 31.6 Å². The van der Waals surface area contributed by atoms with E-state index in [0.29, 0.717) is 43.1 Å². The average Bonchev–Trinajstić information content (AvgIpc) is 3.26. The third-order valence-electron chi connectivity index (χ3n) is 6.53. The number of aromatic nitrogens is 1. The molecule has 5 rings (SSSR count). The Hall–Kier alpha value is -4.24. The van der Waals surface area contributed by atoms with Crippen molar-refractivity contribution in [3.05, 3.63) is 95.3 Å². The first-order chi connectivity index (χ1) is 18.0. The van der Waals surface area contributed by atoms with E-state index < -0.39 is 18.2 Å². The fraction of sp³-hybridized carbons (Fsp3) is 0.286. The standard InChI is InChI=1S/C28H28N4O5/c1-19-7-9-20(10-8-19)18-32-24(27(34)31-12-14-36-15-13-31)25(37-28(32)35)21-4-2-6-23(16-21)30-26(33)22-5-3-11-29-17-22/h2-11,16-17,24-25H,12-15,18H2,1H3,(H,30,33). The Morgan fingerprint density at radius 1 is 1.05 bits per heavy atom. The summed E-state index contributed by atoms with van der Waals surface area (Å²) < 4.78 is 11.2. The fourth-order valence-corrected chi connectivity index (χ4v) is 4.55. The van der Waals surface area contributed by atoms with E-state index in [2.05, 4.69) is 10.3 Å². The van der Waals surface area contributed by atoms with E-state index in [1.165, 1.54) is 11.1 Å². The monoisotopic (exact) mass is 500 g/mol. The summed E-state index contributed by atoms with van der Waals surface area (Å²) in [5.74, 6) is -0.494. The summed E-state index contributed by atoms with van der Waals surface area (Å²) in [5.41, 5.74) is 3.58. The third kappa shape index (κ3) is 5.46. The van der Waals surface area contributed by atoms with Crippen molar-refractivity contribution in [3.63, 3.8) is 0 Å². The zero-order chi connectivity index (χ0) is 25.8. The van der Waals surface area contributed by atoms with E-state index >= 15 is 0 Å². The molecule has 2 atom stereocenters. The molecule has 2 unspecified atom stereocenters. The van der Waals surface area contributed by atoms with Crippen LogP contribution in [-0.2, 0) is 20.8 Å². The molecule has 2 fully saturated rings. The van der Waals surface area contributed by atoms with Crippen LogP contribution in [0.15, 0.2) is 73.1 Å². The highest BCUT2D eigenvalue weighted by atomic mass is 16.6. The lowest BCUT2D eigenvalue weighted by Crippen LogP contribution is -2.51. The van der Waals surface area contributed by atoms with E-state index in [1.54, 1.807) is 47.5 Å². The number of nitrogens with one attached hydrogen (secondary N) is 1. The van der Waals surface area contributed by atoms with Gasteiger partial charge in [0.1, 0.15) is 0 Å². The predicted octanol–water partition coefficient (Wildman–Crippen LogP) is 3.56. The molecule has 0 spiro atoms. The molecule has 37 heavy (non-hydrogen) atoms. The van der Waals surface area contributed by atoms with Gasteiger partial charge in [-0.05, 0) is 42.3 Å². The van der Waals surface area contributed by atoms with Crippen LogP contribution in [-0.4, -0.2) is 65.0 Å². The van der Waals surface area contributed by atoms with Gasteiger partial charge in [-0.2, -0.15) is 0 Å². The van der Waals surface area contributed by atoms with Crippen molar-refractivity contribution in [1.29, 1.82) is 0 Å². The first-order valence-corrected chi connectivity index (χ1v) is 12.2. The van der Waals surface area contributed by atoms with E-state index in [-0.39, 0.29) is 18.4 Å². The zero-order valence-electron chi connectivity index (χ0n) is 20.5. The van der Waals surface area contributed by atoms with Crippen molar-refractivity contribution >= 4 is 23.6 Å². The van der Waals surface area contributed by atoms with Crippen LogP contribution in [0.3, 0.4) is 0 Å². The first-order valence-electron chi connectivity index (χ1n) is 12.2. The molecule has 9 heteroatoms. The molecule has 0 radical (unpaired) electrons. The van der Waals surface area contributed by atoms with Crippen molar-refractivity contribution in [1.82, 2.24) is 14.8 Å². The molecule has 0 saturated carbocycles. The molecule has 3 heterocycles. The Kier molecular flexibility index (Phi) is 7.14. The van der Waals surface area contributed by atoms with E-state index in [9.17, 15) is 14.4 Å². The highest BCUT2D eigenvalue weighted by Crippen LogP contribution is 2.36. The lowest BCUT2D eigenvalue weighted by molar-refractivity contribution is -0.141. The Bertz CT molecular complexity index is 1280. The van der Waals surface area contributed by atoms with Gasteiger partial charge in [0.2, 0.25) is 5.91 Å². The van der Waals surface area contributed by atoms with Crippen molar-refractivity contribution in [2.45, 2.75) is 25.6 Å². The van der Waals surface area contributed by atoms with Gasteiger partial charge in [-0.1, -0.05) is 42.0 Å². The second-order valence-electron chi connectivity index (χ2n) is 9.12. The highest BCUT2D eigenvalue weighted by Gasteiger charge is 2.48. The van der Waals surface area contributed by atoms with Gasteiger partial charge >= 0.3 is 6.09 Å². The molecule has 1 aromatic heterocycles. The van der Waals surface area contributed by atoms with E-state index in [4.69, 9.17) is 9.47 Å². The molecule has 2 aromatic carbocycles. The lowest BCUT2D eigenvalue weighted by Gasteiger charge is -2.33. The van der Waals surface area contributed by atoms with Crippen molar-refractivity contribution in [3.8, 4) is 0 Å². The van der Waals surface area contributed by atoms with Gasteiger partial charge in [-0.25, -0.2) is 4.79 Å². The molecule has 0 bridgehead atoms. The minimum Gasteiger partial charge on any atom is -0.438 e. The smallest absolute Gasteiger partial charge is 0.411 e. The minimum atomic E-state index is -0.851. The number of carbonyl (C=O) groups is 3. The summed E-state index contributed by atoms with van der Waals surface area (Å²) in [5, 5.41) is 2.85. The van der Waals surface area contributed by atoms with Crippen molar-refractivity contribution in [2.24, 2.45) is 0 Å². The van der Waals surface area contributed by atoms with Crippen LogP contribution in [0, 0.1) is 6.92 Å². The molecule has 0 aliphatic carbocycles. The molecular formula is C28H28N4O5. The van der Waals surface area contributed by atoms with E-state index in [0.717, 1.165) is 11.1 Å². The first kappa shape index (κ1) is 24.5. The van der Waals surface area contributed by atoms with Gasteiger partial charge in [0.25, 0.3) is 5.91 Å². The molecule has 3 amide bonds. The molecule has 3 aromatic rings. The maximum absolute atomic E-state index is 13.8. The van der Waals surface area contributed by atoms with Gasteiger partial charge in [-0.15, -0.1) is 0 Å². The average molecular weight is 501 g/mol. The maximum atomic E-state index is 13.8. The number of hydrogen-bond acceptors (Lipinski definition) is 6. The third-order valence-corrected chi connectivity index (χ3v) is 6.53. The number of morpholine rings is 1. The van der Waals surface area contributed by atoms with E-state index in [1.807, 2.05) is 31.2 Å². The Morgan fingerprint density at radius 2 is 1.84 bits per heavy atom. The number of hydrogen-bond donors (Lipinski definition) is 1. The normalized spacial score (nSPS) is 19.4. The molecule has 2 aliphatic rings. The number of benzene rings is 2. The summed E-state index contributed by atoms with van der Waals surface area (Å²) in [6.45, 7) is 4.05. The topological polar surface area (TPSA) is 101 Å². The second-order valence-corrected chi connectivity index (χ2v) is 9.12. The van der Waals surface area contributed by atoms with Crippen LogP contribution >= 0.6 is 0 Å². The van der Waals surface area contributed by atoms with Gasteiger partial charge in [0.15, 0.2) is 12.1 Å². The number of carbonyl (C=O) groups excluding carboxylic acids is 3. The lowest BCUT2D eigenvalue weighted by atomic mass is 9.99. The summed E-state index contributed by atoms with van der Waals surface area (Å²) in [4.78, 5) is 46.7. The maximum Gasteiger partial charge on any atom is 0.411 e. The Balaban J connectivity index is 1.43. The van der Waals surface area contributed by atoms with Gasteiger partial charge < -0.3 is 19.7 Å². The number of rotatable bonds is 6. The molecule has 1 N–H and O–H groups in total. The fourth-order valence-electron chi connectivity index (χ4n) is 4.55. The van der Waals surface area contributed by atoms with Crippen molar-refractivity contribution < 1.29 is 23.9 Å². The summed E-state index contributed by atoms with van der Waals surface area (Å²) >= 11 is 0. The van der Waals surface area contributed by atoms with Crippen LogP contribution in [0.1, 0.15) is 33.2 Å². The number of cyclic esters (lactones) is 1. The Morgan fingerprint density at radius 3 is 2.57 bits per heavy atom. The molecule has 2 aliphatic heterocycles. The summed E-state index contributed by atoms with van der Waals surface area (Å²) in [7, 11) is 0. The van der Waals surface area contributed by atoms with Gasteiger partial charge in [0.05, 0.1) is 25.3 Å². The summed E-state index contributed by atoms with van der Waals surface area (Å²) in [6, 6.07) is 17.4. The van der Waals surface area contributed by atoms with Crippen LogP contribution in [0.5, 0.6) is 0 Å². The molecule has 2 saturated heterocycles. The van der Waals surface area contributed by atoms with Gasteiger partial charge in [-0.3, -0.25) is 19.5 Å². The number of pyridine rings is 1. The van der Waals surface area contributed by atoms with Crippen LogP contribution in [0.4, 0.5) is 10.5 Å². The largest absolute Gasteiger partial charge is 0.438 e. The van der Waals surface area contributed by atoms with Gasteiger partial charge in [0, 0.05) is 31.2 Å². The number of amides is 3. The number of ether oxygens (including phenoxy) is 2. The van der Waals surface area contributed by atoms with Crippen LogP contribution in [0.25, 0.3) is 0 Å². The van der Waals surface area contributed by atoms with Crippen LogP contribution < -0.4 is 5.32 Å². The summed E-state index contributed by atoms with van der Waals surface area (Å²) in [6.07, 6.45) is 1.70. The number of nitrogens with zero attached hydrogens (tertiary/aromatic N) is 3. The predicted molar refractivity (Wildman–Crippen MR) is 136 cm³/mol.